The minimum Gasteiger partial charge on any atom is -0.365 e. The Hall–Kier alpha value is -3.83. The summed E-state index contributed by atoms with van der Waals surface area (Å²) in [7, 11) is 0. The molecule has 1 N–H and O–H groups in total. The first-order chi connectivity index (χ1) is 18.8. The van der Waals surface area contributed by atoms with Gasteiger partial charge < -0.3 is 9.88 Å². The van der Waals surface area contributed by atoms with Crippen LogP contribution >= 0.6 is 46.1 Å². The lowest BCUT2D eigenvalue weighted by molar-refractivity contribution is 0.0945. The molecule has 0 aliphatic carbocycles. The molecule has 196 valence electrons. The third-order valence-electron chi connectivity index (χ3n) is 5.80. The van der Waals surface area contributed by atoms with Crippen LogP contribution in [0.2, 0.25) is 9.36 Å². The number of thiophene rings is 1. The molecule has 0 bridgehead atoms. The molecular weight excluding hydrogens is 577 g/mol. The highest BCUT2D eigenvalue weighted by Crippen LogP contribution is 2.27. The number of aromatic nitrogens is 4. The van der Waals surface area contributed by atoms with E-state index < -0.39 is 11.5 Å². The van der Waals surface area contributed by atoms with Gasteiger partial charge in [0, 0.05) is 33.6 Å². The van der Waals surface area contributed by atoms with Crippen LogP contribution in [0, 0.1) is 0 Å². The molecule has 12 heteroatoms. The lowest BCUT2D eigenvalue weighted by Crippen LogP contribution is -2.25. The van der Waals surface area contributed by atoms with E-state index in [-0.39, 0.29) is 22.9 Å². The molecule has 0 spiro atoms. The number of Topliss-reactive ketones (excluding diaryl/α,β-unsaturated/α-hetero) is 1. The second-order valence-corrected chi connectivity index (χ2v) is 11.2. The molecule has 0 atom stereocenters. The zero-order valence-corrected chi connectivity index (χ0v) is 23.3. The summed E-state index contributed by atoms with van der Waals surface area (Å²) in [5.74, 6) is -0.272. The molecular formula is C27H19Cl2N5O3S2. The van der Waals surface area contributed by atoms with Gasteiger partial charge in [-0.1, -0.05) is 41.9 Å². The van der Waals surface area contributed by atoms with Crippen LogP contribution in [0.5, 0.6) is 0 Å². The van der Waals surface area contributed by atoms with E-state index in [0.29, 0.717) is 39.2 Å². The number of carbonyl (C=O) groups excluding carboxylic acids is 2. The van der Waals surface area contributed by atoms with E-state index in [4.69, 9.17) is 23.2 Å². The first-order valence-electron chi connectivity index (χ1n) is 11.5. The summed E-state index contributed by atoms with van der Waals surface area (Å²) in [6.45, 7) is 4.05. The molecule has 4 heterocycles. The van der Waals surface area contributed by atoms with Gasteiger partial charge in [0.15, 0.2) is 5.78 Å². The van der Waals surface area contributed by atoms with Crippen molar-refractivity contribution in [2.45, 2.75) is 13.1 Å². The second kappa shape index (κ2) is 11.5. The lowest BCUT2D eigenvalue weighted by atomic mass is 10.1. The average Bonchev–Trinajstić information content (AvgIpc) is 3.69. The van der Waals surface area contributed by atoms with Gasteiger partial charge in [0.1, 0.15) is 5.82 Å². The Bertz CT molecular complexity index is 1760. The topological polar surface area (TPSA) is 98.9 Å². The number of benzene rings is 1. The largest absolute Gasteiger partial charge is 0.365 e. The SMILES string of the molecule is C=Cc1cc(-c2cc(NCc3ccc(Cl)s3)n(C(=O)c3ccccc3Cl)n2)cc(=O)n1CC(=O)c1cnsc1. The molecule has 0 fully saturated rings. The van der Waals surface area contributed by atoms with Gasteiger partial charge in [-0.05, 0) is 47.9 Å². The predicted molar refractivity (Wildman–Crippen MR) is 156 cm³/mol. The van der Waals surface area contributed by atoms with Crippen molar-refractivity contribution >= 4 is 69.7 Å². The number of anilines is 1. The van der Waals surface area contributed by atoms with Gasteiger partial charge in [-0.3, -0.25) is 14.4 Å². The summed E-state index contributed by atoms with van der Waals surface area (Å²) in [4.78, 5) is 40.1. The summed E-state index contributed by atoms with van der Waals surface area (Å²) < 4.78 is 7.15. The molecule has 5 aromatic rings. The van der Waals surface area contributed by atoms with Crippen molar-refractivity contribution in [1.82, 2.24) is 18.7 Å². The highest BCUT2D eigenvalue weighted by molar-refractivity contribution is 7.16. The van der Waals surface area contributed by atoms with Gasteiger partial charge in [-0.25, -0.2) is 4.37 Å². The van der Waals surface area contributed by atoms with Crippen LogP contribution in [0.25, 0.3) is 17.3 Å². The van der Waals surface area contributed by atoms with E-state index in [9.17, 15) is 14.4 Å². The van der Waals surface area contributed by atoms with E-state index in [1.807, 2.05) is 6.07 Å². The van der Waals surface area contributed by atoms with Crippen molar-refractivity contribution in [2.75, 3.05) is 5.32 Å². The monoisotopic (exact) mass is 595 g/mol. The third kappa shape index (κ3) is 5.79. The van der Waals surface area contributed by atoms with Crippen LogP contribution < -0.4 is 10.9 Å². The molecule has 0 saturated heterocycles. The summed E-state index contributed by atoms with van der Waals surface area (Å²) in [6.07, 6.45) is 2.97. The maximum absolute atomic E-state index is 13.5. The van der Waals surface area contributed by atoms with Crippen LogP contribution in [0.15, 0.2) is 77.5 Å². The highest BCUT2D eigenvalue weighted by atomic mass is 35.5. The number of nitrogens with zero attached hydrogens (tertiary/aromatic N) is 4. The van der Waals surface area contributed by atoms with Gasteiger partial charge in [0.05, 0.1) is 45.5 Å². The number of carbonyl (C=O) groups is 2. The van der Waals surface area contributed by atoms with Crippen LogP contribution in [-0.2, 0) is 13.1 Å². The van der Waals surface area contributed by atoms with Crippen molar-refractivity contribution < 1.29 is 9.59 Å². The first kappa shape index (κ1) is 26.8. The standard InChI is InChI=1S/C27H19Cl2N5O3S2/c1-2-18-9-16(10-26(36)33(18)14-23(35)17-12-31-38-15-17)22-11-25(30-13-19-7-8-24(29)39-19)34(32-22)27(37)20-5-3-4-6-21(20)28/h2-12,15,30H,1,13-14H2. The molecule has 0 amide bonds. The molecule has 0 saturated carbocycles. The van der Waals surface area contributed by atoms with Gasteiger partial charge in [-0.2, -0.15) is 9.78 Å². The molecule has 5 rings (SSSR count). The van der Waals surface area contributed by atoms with Gasteiger partial charge in [0.2, 0.25) is 0 Å². The van der Waals surface area contributed by atoms with E-state index in [1.165, 1.54) is 38.9 Å². The number of halogens is 2. The minimum absolute atomic E-state index is 0.158. The number of ketones is 1. The predicted octanol–water partition coefficient (Wildman–Crippen LogP) is 6.36. The average molecular weight is 597 g/mol. The maximum Gasteiger partial charge on any atom is 0.281 e. The Balaban J connectivity index is 1.53. The van der Waals surface area contributed by atoms with Crippen LogP contribution in [-0.4, -0.2) is 30.4 Å². The first-order valence-corrected chi connectivity index (χ1v) is 13.9. The Morgan fingerprint density at radius 2 is 1.92 bits per heavy atom. The molecule has 8 nitrogen and oxygen atoms in total. The molecule has 0 radical (unpaired) electrons. The van der Waals surface area contributed by atoms with Crippen molar-refractivity contribution in [3.8, 4) is 11.3 Å². The zero-order valence-electron chi connectivity index (χ0n) is 20.1. The fourth-order valence-electron chi connectivity index (χ4n) is 3.86. The Morgan fingerprint density at radius 3 is 2.62 bits per heavy atom. The Morgan fingerprint density at radius 1 is 1.10 bits per heavy atom. The van der Waals surface area contributed by atoms with E-state index in [2.05, 4.69) is 21.4 Å². The number of hydrogen-bond acceptors (Lipinski definition) is 8. The smallest absolute Gasteiger partial charge is 0.281 e. The zero-order chi connectivity index (χ0) is 27.5. The molecule has 0 aliphatic rings. The normalized spacial score (nSPS) is 10.9. The number of nitrogens with one attached hydrogen (secondary N) is 1. The molecule has 0 aliphatic heterocycles. The van der Waals surface area contributed by atoms with Crippen LogP contribution in [0.1, 0.15) is 31.3 Å². The molecule has 39 heavy (non-hydrogen) atoms. The summed E-state index contributed by atoms with van der Waals surface area (Å²) in [5.41, 5.74) is 1.58. The molecule has 1 aromatic carbocycles. The van der Waals surface area contributed by atoms with Crippen molar-refractivity contribution in [1.29, 1.82) is 0 Å². The van der Waals surface area contributed by atoms with Gasteiger partial charge >= 0.3 is 0 Å². The van der Waals surface area contributed by atoms with E-state index in [1.54, 1.807) is 47.8 Å². The fourth-order valence-corrected chi connectivity index (χ4v) is 5.64. The Kier molecular flexibility index (Phi) is 7.89. The lowest BCUT2D eigenvalue weighted by Gasteiger charge is -2.10. The summed E-state index contributed by atoms with van der Waals surface area (Å²) in [5, 5.41) is 9.69. The number of rotatable bonds is 9. The van der Waals surface area contributed by atoms with Crippen molar-refractivity contribution in [3.05, 3.63) is 114 Å². The summed E-state index contributed by atoms with van der Waals surface area (Å²) >= 11 is 14.9. The maximum atomic E-state index is 13.5. The Labute approximate surface area is 240 Å². The van der Waals surface area contributed by atoms with Gasteiger partial charge in [0.25, 0.3) is 11.5 Å². The number of pyridine rings is 1. The quantitative estimate of drug-likeness (QED) is 0.199. The molecule has 0 unspecified atom stereocenters. The van der Waals surface area contributed by atoms with E-state index in [0.717, 1.165) is 16.4 Å². The number of hydrogen-bond donors (Lipinski definition) is 1. The molecule has 4 aromatic heterocycles. The minimum atomic E-state index is -0.439. The fraction of sp³-hybridized carbons (Fsp3) is 0.0741. The summed E-state index contributed by atoms with van der Waals surface area (Å²) in [6, 6.07) is 15.1. The third-order valence-corrected chi connectivity index (χ3v) is 7.95. The second-order valence-electron chi connectivity index (χ2n) is 8.30. The van der Waals surface area contributed by atoms with Gasteiger partial charge in [-0.15, -0.1) is 11.3 Å². The van der Waals surface area contributed by atoms with Crippen LogP contribution in [0.3, 0.4) is 0 Å². The van der Waals surface area contributed by atoms with Crippen molar-refractivity contribution in [3.63, 3.8) is 0 Å². The highest BCUT2D eigenvalue weighted by Gasteiger charge is 2.21. The van der Waals surface area contributed by atoms with Crippen molar-refractivity contribution in [2.24, 2.45) is 0 Å². The van der Waals surface area contributed by atoms with E-state index >= 15 is 0 Å². The van der Waals surface area contributed by atoms with Crippen LogP contribution in [0.4, 0.5) is 5.82 Å².